The van der Waals surface area contributed by atoms with Crippen LogP contribution in [0.25, 0.3) is 0 Å². The Hall–Kier alpha value is -2.79. The Bertz CT molecular complexity index is 1080. The zero-order chi connectivity index (χ0) is 23.8. The van der Waals surface area contributed by atoms with E-state index in [9.17, 15) is 27.6 Å². The number of benzene rings is 1. The molecule has 178 valence electrons. The van der Waals surface area contributed by atoms with Crippen LogP contribution >= 0.6 is 0 Å². The normalized spacial score (nSPS) is 24.6. The predicted molar refractivity (Wildman–Crippen MR) is 118 cm³/mol. The first-order chi connectivity index (χ1) is 15.7. The first-order valence-corrected chi connectivity index (χ1v) is 12.7. The van der Waals surface area contributed by atoms with Crippen molar-refractivity contribution >= 4 is 39.5 Å². The number of carbonyl (C=O) groups is 4. The highest BCUT2D eigenvalue weighted by Gasteiger charge is 2.49. The Morgan fingerprint density at radius 3 is 2.42 bits per heavy atom. The van der Waals surface area contributed by atoms with Gasteiger partial charge in [-0.25, -0.2) is 18.1 Å². The summed E-state index contributed by atoms with van der Waals surface area (Å²) in [4.78, 5) is 52.1. The maximum Gasteiger partial charge on any atom is 0.334 e. The van der Waals surface area contributed by atoms with E-state index < -0.39 is 40.3 Å². The number of sulfonamides is 1. The van der Waals surface area contributed by atoms with Crippen LogP contribution in [0, 0.1) is 5.92 Å². The van der Waals surface area contributed by atoms with Crippen molar-refractivity contribution in [1.29, 1.82) is 0 Å². The highest BCUT2D eigenvalue weighted by Crippen LogP contribution is 2.31. The van der Waals surface area contributed by atoms with Crippen molar-refractivity contribution in [2.45, 2.75) is 56.4 Å². The highest BCUT2D eigenvalue weighted by molar-refractivity contribution is 7.89. The minimum atomic E-state index is -3.66. The average molecular weight is 477 g/mol. The first-order valence-electron chi connectivity index (χ1n) is 11.3. The smallest absolute Gasteiger partial charge is 0.324 e. The van der Waals surface area contributed by atoms with Gasteiger partial charge in [-0.05, 0) is 49.8 Å². The fourth-order valence-electron chi connectivity index (χ4n) is 4.79. The molecule has 0 spiro atoms. The fourth-order valence-corrected chi connectivity index (χ4v) is 6.35. The number of imide groups is 2. The third-order valence-electron chi connectivity index (χ3n) is 6.60. The predicted octanol–water partition coefficient (Wildman–Crippen LogP) is 1.78. The Morgan fingerprint density at radius 1 is 1.03 bits per heavy atom. The van der Waals surface area contributed by atoms with Crippen LogP contribution in [-0.4, -0.2) is 72.0 Å². The Balaban J connectivity index is 1.44. The SMILES string of the molecule is C[C@@H]1CCCC[C@@H]1N1C(=O)C(=O)N(CC(=O)Nc2cccc(S(=O)(=O)N3CCCC3)c2)C1=O. The van der Waals surface area contributed by atoms with Crippen molar-refractivity contribution < 1.29 is 27.6 Å². The summed E-state index contributed by atoms with van der Waals surface area (Å²) in [5, 5.41) is 2.53. The van der Waals surface area contributed by atoms with E-state index in [0.29, 0.717) is 24.4 Å². The molecular weight excluding hydrogens is 448 g/mol. The molecule has 1 aromatic rings. The summed E-state index contributed by atoms with van der Waals surface area (Å²) >= 11 is 0. The second kappa shape index (κ2) is 9.22. The van der Waals surface area contributed by atoms with Gasteiger partial charge in [0.15, 0.2) is 0 Å². The van der Waals surface area contributed by atoms with Gasteiger partial charge in [-0.2, -0.15) is 4.31 Å². The molecule has 2 heterocycles. The third kappa shape index (κ3) is 4.51. The minimum Gasteiger partial charge on any atom is -0.324 e. The number of hydrogen-bond acceptors (Lipinski definition) is 6. The molecule has 0 unspecified atom stereocenters. The van der Waals surface area contributed by atoms with E-state index in [1.165, 1.54) is 28.6 Å². The third-order valence-corrected chi connectivity index (χ3v) is 8.50. The molecule has 1 N–H and O–H groups in total. The summed E-state index contributed by atoms with van der Waals surface area (Å²) < 4.78 is 26.9. The molecule has 33 heavy (non-hydrogen) atoms. The molecule has 5 amide bonds. The number of nitrogens with one attached hydrogen (secondary N) is 1. The molecule has 3 fully saturated rings. The standard InChI is InChI=1S/C22H28N4O6S/c1-15-7-2-3-10-18(15)26-21(29)20(28)25(22(26)30)14-19(27)23-16-8-6-9-17(13-16)33(31,32)24-11-4-5-12-24/h6,8-9,13,15,18H,2-5,7,10-12,14H2,1H3,(H,23,27)/t15-,18+/m1/s1. The van der Waals surface area contributed by atoms with Crippen LogP contribution in [0.5, 0.6) is 0 Å². The van der Waals surface area contributed by atoms with Gasteiger partial charge in [0.05, 0.1) is 4.90 Å². The van der Waals surface area contributed by atoms with Crippen molar-refractivity contribution in [1.82, 2.24) is 14.1 Å². The van der Waals surface area contributed by atoms with Crippen molar-refractivity contribution in [3.8, 4) is 0 Å². The van der Waals surface area contributed by atoms with Gasteiger partial charge >= 0.3 is 17.8 Å². The van der Waals surface area contributed by atoms with Crippen molar-refractivity contribution in [2.24, 2.45) is 5.92 Å². The van der Waals surface area contributed by atoms with E-state index in [1.807, 2.05) is 6.92 Å². The lowest BCUT2D eigenvalue weighted by Crippen LogP contribution is -2.46. The van der Waals surface area contributed by atoms with Gasteiger partial charge in [0.2, 0.25) is 15.9 Å². The lowest BCUT2D eigenvalue weighted by molar-refractivity contribution is -0.145. The average Bonchev–Trinajstić information content (AvgIpc) is 3.40. The van der Waals surface area contributed by atoms with Crippen LogP contribution in [0.4, 0.5) is 10.5 Å². The molecule has 10 nitrogen and oxygen atoms in total. The molecule has 0 aromatic heterocycles. The first kappa shape index (κ1) is 23.4. The summed E-state index contributed by atoms with van der Waals surface area (Å²) in [6.45, 7) is 2.25. The Kier molecular flexibility index (Phi) is 6.53. The van der Waals surface area contributed by atoms with Gasteiger partial charge < -0.3 is 5.32 Å². The summed E-state index contributed by atoms with van der Waals surface area (Å²) in [5.41, 5.74) is 0.225. The molecule has 0 radical (unpaired) electrons. The number of nitrogens with zero attached hydrogens (tertiary/aromatic N) is 3. The van der Waals surface area contributed by atoms with Crippen molar-refractivity contribution in [2.75, 3.05) is 25.0 Å². The molecular formula is C22H28N4O6S. The molecule has 4 rings (SSSR count). The van der Waals surface area contributed by atoms with E-state index in [4.69, 9.17) is 0 Å². The summed E-state index contributed by atoms with van der Waals surface area (Å²) in [5.74, 6) is -2.52. The molecule has 2 atom stereocenters. The van der Waals surface area contributed by atoms with Gasteiger partial charge in [-0.3, -0.25) is 19.3 Å². The van der Waals surface area contributed by atoms with Crippen molar-refractivity contribution in [3.05, 3.63) is 24.3 Å². The molecule has 1 aromatic carbocycles. The van der Waals surface area contributed by atoms with Crippen LogP contribution < -0.4 is 5.32 Å². The van der Waals surface area contributed by atoms with Gasteiger partial charge in [0.1, 0.15) is 6.54 Å². The molecule has 3 aliphatic rings. The van der Waals surface area contributed by atoms with Gasteiger partial charge in [-0.1, -0.05) is 25.8 Å². The van der Waals surface area contributed by atoms with E-state index in [2.05, 4.69) is 5.32 Å². The summed E-state index contributed by atoms with van der Waals surface area (Å²) in [7, 11) is -3.66. The summed E-state index contributed by atoms with van der Waals surface area (Å²) in [6, 6.07) is 4.72. The van der Waals surface area contributed by atoms with Crippen LogP contribution in [-0.2, 0) is 24.4 Å². The maximum atomic E-state index is 12.8. The van der Waals surface area contributed by atoms with Crippen LogP contribution in [0.1, 0.15) is 45.4 Å². The molecule has 1 saturated carbocycles. The Morgan fingerprint density at radius 2 is 1.73 bits per heavy atom. The Labute approximate surface area is 192 Å². The zero-order valence-corrected chi connectivity index (χ0v) is 19.3. The zero-order valence-electron chi connectivity index (χ0n) is 18.5. The number of carbonyl (C=O) groups excluding carboxylic acids is 4. The highest BCUT2D eigenvalue weighted by atomic mass is 32.2. The second-order valence-electron chi connectivity index (χ2n) is 8.87. The number of rotatable bonds is 6. The lowest BCUT2D eigenvalue weighted by Gasteiger charge is -2.34. The number of amides is 5. The topological polar surface area (TPSA) is 124 Å². The van der Waals surface area contributed by atoms with E-state index in [0.717, 1.165) is 37.0 Å². The fraction of sp³-hybridized carbons (Fsp3) is 0.545. The molecule has 0 bridgehead atoms. The van der Waals surface area contributed by atoms with E-state index in [-0.39, 0.29) is 22.5 Å². The lowest BCUT2D eigenvalue weighted by atomic mass is 9.85. The monoisotopic (exact) mass is 476 g/mol. The summed E-state index contributed by atoms with van der Waals surface area (Å²) in [6.07, 6.45) is 5.01. The van der Waals surface area contributed by atoms with Crippen molar-refractivity contribution in [3.63, 3.8) is 0 Å². The van der Waals surface area contributed by atoms with Crippen LogP contribution in [0.2, 0.25) is 0 Å². The second-order valence-corrected chi connectivity index (χ2v) is 10.8. The number of anilines is 1. The van der Waals surface area contributed by atoms with Crippen LogP contribution in [0.3, 0.4) is 0 Å². The van der Waals surface area contributed by atoms with Crippen LogP contribution in [0.15, 0.2) is 29.2 Å². The van der Waals surface area contributed by atoms with Gasteiger partial charge in [0.25, 0.3) is 0 Å². The molecule has 2 saturated heterocycles. The maximum absolute atomic E-state index is 12.8. The molecule has 2 aliphatic heterocycles. The van der Waals surface area contributed by atoms with E-state index >= 15 is 0 Å². The quantitative estimate of drug-likeness (QED) is 0.493. The number of hydrogen-bond donors (Lipinski definition) is 1. The minimum absolute atomic E-state index is 0.0585. The van der Waals surface area contributed by atoms with Gasteiger partial charge in [0, 0.05) is 24.8 Å². The van der Waals surface area contributed by atoms with E-state index in [1.54, 1.807) is 0 Å². The van der Waals surface area contributed by atoms with Gasteiger partial charge in [-0.15, -0.1) is 0 Å². The molecule has 1 aliphatic carbocycles. The largest absolute Gasteiger partial charge is 0.334 e. The number of urea groups is 1. The molecule has 11 heteroatoms.